The van der Waals surface area contributed by atoms with Crippen molar-refractivity contribution in [2.24, 2.45) is 0 Å². The highest BCUT2D eigenvalue weighted by atomic mass is 35.5. The van der Waals surface area contributed by atoms with Gasteiger partial charge in [-0.15, -0.1) is 0 Å². The fraction of sp³-hybridized carbons (Fsp3) is 0.200. The maximum absolute atomic E-state index is 5.98. The average Bonchev–Trinajstić information content (AvgIpc) is 2.76. The number of nitrogen functional groups attached to an aromatic ring is 1. The van der Waals surface area contributed by atoms with Gasteiger partial charge >= 0.3 is 12.0 Å². The Labute approximate surface area is 108 Å². The van der Waals surface area contributed by atoms with Crippen LogP contribution >= 0.6 is 11.6 Å². The second kappa shape index (κ2) is 5.01. The molecule has 0 fully saturated rings. The van der Waals surface area contributed by atoms with E-state index in [1.54, 1.807) is 12.1 Å². The molecule has 2 rings (SSSR count). The second-order valence-electron chi connectivity index (χ2n) is 3.26. The molecule has 7 nitrogen and oxygen atoms in total. The van der Waals surface area contributed by atoms with Crippen LogP contribution in [0.3, 0.4) is 0 Å². The normalized spacial score (nSPS) is 10.2. The van der Waals surface area contributed by atoms with Gasteiger partial charge in [-0.05, 0) is 0 Å². The smallest absolute Gasteiger partial charge is 0.321 e. The minimum atomic E-state index is -0.0302. The zero-order valence-electron chi connectivity index (χ0n) is 9.73. The van der Waals surface area contributed by atoms with Crippen LogP contribution in [0.5, 0.6) is 11.5 Å². The molecule has 0 radical (unpaired) electrons. The molecule has 18 heavy (non-hydrogen) atoms. The summed E-state index contributed by atoms with van der Waals surface area (Å²) in [6, 6.07) is 3.39. The van der Waals surface area contributed by atoms with E-state index in [9.17, 15) is 0 Å². The Morgan fingerprint density at radius 1 is 1.22 bits per heavy atom. The Bertz CT molecular complexity index is 558. The first-order valence-corrected chi connectivity index (χ1v) is 5.29. The van der Waals surface area contributed by atoms with Gasteiger partial charge in [-0.3, -0.25) is 0 Å². The molecule has 0 aliphatic heterocycles. The highest BCUT2D eigenvalue weighted by molar-refractivity contribution is 6.32. The third-order valence-electron chi connectivity index (χ3n) is 2.16. The van der Waals surface area contributed by atoms with E-state index in [-0.39, 0.29) is 12.0 Å². The number of nitrogens with one attached hydrogen (secondary N) is 1. The van der Waals surface area contributed by atoms with Crippen molar-refractivity contribution in [3.63, 3.8) is 0 Å². The van der Waals surface area contributed by atoms with Crippen LogP contribution in [-0.4, -0.2) is 24.4 Å². The van der Waals surface area contributed by atoms with Crippen LogP contribution in [-0.2, 0) is 0 Å². The lowest BCUT2D eigenvalue weighted by Gasteiger charge is -2.11. The molecule has 0 atom stereocenters. The average molecular weight is 271 g/mol. The number of benzene rings is 1. The molecule has 1 heterocycles. The van der Waals surface area contributed by atoms with Crippen LogP contribution in [0, 0.1) is 0 Å². The third-order valence-corrected chi connectivity index (χ3v) is 2.45. The molecule has 0 unspecified atom stereocenters. The highest BCUT2D eigenvalue weighted by Gasteiger charge is 2.12. The number of aromatic nitrogens is 2. The molecular weight excluding hydrogens is 260 g/mol. The highest BCUT2D eigenvalue weighted by Crippen LogP contribution is 2.37. The lowest BCUT2D eigenvalue weighted by atomic mass is 10.2. The zero-order chi connectivity index (χ0) is 13.1. The van der Waals surface area contributed by atoms with Crippen molar-refractivity contribution in [1.82, 2.24) is 10.2 Å². The van der Waals surface area contributed by atoms with Gasteiger partial charge in [0.2, 0.25) is 0 Å². The fourth-order valence-electron chi connectivity index (χ4n) is 1.36. The Hall–Kier alpha value is -2.15. The van der Waals surface area contributed by atoms with Crippen molar-refractivity contribution in [2.75, 3.05) is 25.3 Å². The molecule has 1 aromatic carbocycles. The van der Waals surface area contributed by atoms with E-state index in [2.05, 4.69) is 15.5 Å². The van der Waals surface area contributed by atoms with Crippen molar-refractivity contribution >= 4 is 29.3 Å². The predicted octanol–water partition coefficient (Wildman–Crippen LogP) is 2.07. The summed E-state index contributed by atoms with van der Waals surface area (Å²) in [5.41, 5.74) is 5.90. The van der Waals surface area contributed by atoms with Gasteiger partial charge < -0.3 is 24.9 Å². The molecule has 96 valence electrons. The number of methoxy groups -OCH3 is 2. The monoisotopic (exact) mass is 270 g/mol. The van der Waals surface area contributed by atoms with E-state index in [4.69, 9.17) is 31.2 Å². The minimum Gasteiger partial charge on any atom is -0.495 e. The number of halogens is 1. The van der Waals surface area contributed by atoms with E-state index in [0.717, 1.165) is 0 Å². The molecule has 1 aromatic heterocycles. The van der Waals surface area contributed by atoms with Crippen LogP contribution in [0.2, 0.25) is 5.02 Å². The summed E-state index contributed by atoms with van der Waals surface area (Å²) in [5.74, 6) is 1.00. The molecule has 3 N–H and O–H groups in total. The van der Waals surface area contributed by atoms with Gasteiger partial charge in [-0.2, -0.15) is 0 Å². The van der Waals surface area contributed by atoms with E-state index < -0.39 is 0 Å². The largest absolute Gasteiger partial charge is 0.495 e. The number of nitrogens with zero attached hydrogens (tertiary/aromatic N) is 2. The molecular formula is C10H11ClN4O3. The molecule has 0 aliphatic carbocycles. The minimum absolute atomic E-state index is 0.0302. The van der Waals surface area contributed by atoms with Crippen molar-refractivity contribution < 1.29 is 13.9 Å². The molecule has 0 aliphatic rings. The Morgan fingerprint density at radius 3 is 2.50 bits per heavy atom. The molecule has 8 heteroatoms. The Balaban J connectivity index is 2.36. The van der Waals surface area contributed by atoms with Gasteiger partial charge in [0, 0.05) is 12.1 Å². The molecule has 0 bridgehead atoms. The van der Waals surface area contributed by atoms with Gasteiger partial charge in [-0.1, -0.05) is 21.8 Å². The fourth-order valence-corrected chi connectivity index (χ4v) is 1.59. The van der Waals surface area contributed by atoms with Gasteiger partial charge in [0.05, 0.1) is 24.9 Å². The number of hydrogen-bond donors (Lipinski definition) is 2. The lowest BCUT2D eigenvalue weighted by molar-refractivity contribution is 0.405. The number of ether oxygens (including phenoxy) is 2. The molecule has 0 spiro atoms. The Morgan fingerprint density at radius 2 is 1.94 bits per heavy atom. The second-order valence-corrected chi connectivity index (χ2v) is 3.66. The summed E-state index contributed by atoms with van der Waals surface area (Å²) in [7, 11) is 3.04. The number of anilines is 3. The maximum Gasteiger partial charge on any atom is 0.321 e. The van der Waals surface area contributed by atoms with Crippen LogP contribution in [0.4, 0.5) is 17.7 Å². The summed E-state index contributed by atoms with van der Waals surface area (Å²) in [6.07, 6.45) is 0. The first kappa shape index (κ1) is 12.3. The van der Waals surface area contributed by atoms with E-state index in [1.165, 1.54) is 14.2 Å². The predicted molar refractivity (Wildman–Crippen MR) is 66.5 cm³/mol. The van der Waals surface area contributed by atoms with E-state index in [1.807, 2.05) is 0 Å². The molecule has 2 aromatic rings. The van der Waals surface area contributed by atoms with Crippen molar-refractivity contribution in [3.8, 4) is 11.5 Å². The van der Waals surface area contributed by atoms with Crippen LogP contribution < -0.4 is 20.5 Å². The molecule has 0 saturated heterocycles. The first-order valence-electron chi connectivity index (χ1n) is 4.91. The third kappa shape index (κ3) is 2.40. The zero-order valence-corrected chi connectivity index (χ0v) is 10.5. The van der Waals surface area contributed by atoms with Gasteiger partial charge in [0.1, 0.15) is 11.5 Å². The maximum atomic E-state index is 5.98. The number of rotatable bonds is 4. The van der Waals surface area contributed by atoms with Crippen molar-refractivity contribution in [2.45, 2.75) is 0 Å². The van der Waals surface area contributed by atoms with E-state index in [0.29, 0.717) is 22.2 Å². The molecule has 0 amide bonds. The van der Waals surface area contributed by atoms with Crippen molar-refractivity contribution in [3.05, 3.63) is 17.2 Å². The SMILES string of the molecule is COc1cc(Nc2nnc(N)o2)c(OC)cc1Cl. The molecule has 0 saturated carbocycles. The summed E-state index contributed by atoms with van der Waals surface area (Å²) in [4.78, 5) is 0. The van der Waals surface area contributed by atoms with Gasteiger partial charge in [0.15, 0.2) is 0 Å². The topological polar surface area (TPSA) is 95.4 Å². The number of nitrogens with two attached hydrogens (primary N) is 1. The Kier molecular flexibility index (Phi) is 3.42. The van der Waals surface area contributed by atoms with Gasteiger partial charge in [-0.25, -0.2) is 0 Å². The summed E-state index contributed by atoms with van der Waals surface area (Å²) in [6.45, 7) is 0. The van der Waals surface area contributed by atoms with Gasteiger partial charge in [0.25, 0.3) is 0 Å². The van der Waals surface area contributed by atoms with Crippen LogP contribution in [0.1, 0.15) is 0 Å². The van der Waals surface area contributed by atoms with Crippen molar-refractivity contribution in [1.29, 1.82) is 0 Å². The lowest BCUT2D eigenvalue weighted by Crippen LogP contribution is -1.96. The quantitative estimate of drug-likeness (QED) is 0.878. The standard InChI is InChI=1S/C10H11ClN4O3/c1-16-7-4-6(8(17-2)3-5(7)11)13-10-15-14-9(12)18-10/h3-4H,1-2H3,(H2,12,14)(H,13,15). The van der Waals surface area contributed by atoms with E-state index >= 15 is 0 Å². The summed E-state index contributed by atoms with van der Waals surface area (Å²) < 4.78 is 15.3. The van der Waals surface area contributed by atoms with Crippen LogP contribution in [0.15, 0.2) is 16.5 Å². The summed E-state index contributed by atoms with van der Waals surface area (Å²) in [5, 5.41) is 10.5. The van der Waals surface area contributed by atoms with Crippen LogP contribution in [0.25, 0.3) is 0 Å². The summed E-state index contributed by atoms with van der Waals surface area (Å²) >= 11 is 5.98. The number of hydrogen-bond acceptors (Lipinski definition) is 7. The first-order chi connectivity index (χ1) is 8.63.